The van der Waals surface area contributed by atoms with E-state index in [-0.39, 0.29) is 17.8 Å². The maximum atomic E-state index is 13.1. The molecule has 2 aromatic heterocycles. The number of aromatic nitrogens is 4. The second kappa shape index (κ2) is 8.09. The number of carbonyl (C=O) groups is 1. The van der Waals surface area contributed by atoms with Crippen LogP contribution in [0.5, 0.6) is 0 Å². The largest absolute Gasteiger partial charge is 0.343 e. The fourth-order valence-electron chi connectivity index (χ4n) is 4.48. The monoisotopic (exact) mass is 420 g/mol. The van der Waals surface area contributed by atoms with Gasteiger partial charge in [-0.3, -0.25) is 9.48 Å². The van der Waals surface area contributed by atoms with Crippen molar-refractivity contribution < 1.29 is 9.18 Å². The number of rotatable bonds is 6. The minimum atomic E-state index is -0.235. The van der Waals surface area contributed by atoms with Crippen molar-refractivity contribution in [1.82, 2.24) is 19.7 Å². The van der Waals surface area contributed by atoms with Crippen LogP contribution < -0.4 is 9.80 Å². The van der Waals surface area contributed by atoms with E-state index in [4.69, 9.17) is 4.98 Å². The third-order valence-electron chi connectivity index (χ3n) is 6.06. The highest BCUT2D eigenvalue weighted by molar-refractivity contribution is 6.04. The summed E-state index contributed by atoms with van der Waals surface area (Å²) in [4.78, 5) is 26.1. The van der Waals surface area contributed by atoms with Crippen molar-refractivity contribution in [3.8, 4) is 0 Å². The molecule has 7 nitrogen and oxygen atoms in total. The Labute approximate surface area is 180 Å². The number of amides is 1. The molecule has 8 heteroatoms. The second-order valence-electron chi connectivity index (χ2n) is 8.10. The van der Waals surface area contributed by atoms with Gasteiger partial charge in [0.05, 0.1) is 18.9 Å². The first kappa shape index (κ1) is 19.7. The molecule has 0 spiro atoms. The molecule has 1 saturated heterocycles. The van der Waals surface area contributed by atoms with Gasteiger partial charge in [-0.25, -0.2) is 14.4 Å². The summed E-state index contributed by atoms with van der Waals surface area (Å²) >= 11 is 0. The molecular formula is C23H25FN6O. The number of hydrogen-bond acceptors (Lipinski definition) is 5. The molecule has 0 bridgehead atoms. The van der Waals surface area contributed by atoms with E-state index in [1.165, 1.54) is 12.1 Å². The van der Waals surface area contributed by atoms with E-state index in [2.05, 4.69) is 15.0 Å². The molecule has 1 aromatic carbocycles. The number of likely N-dealkylation sites (N-methyl/N-ethyl adjacent to an activating group) is 1. The zero-order valence-corrected chi connectivity index (χ0v) is 17.5. The van der Waals surface area contributed by atoms with Crippen LogP contribution in [-0.2, 0) is 24.2 Å². The van der Waals surface area contributed by atoms with Crippen molar-refractivity contribution in [3.63, 3.8) is 0 Å². The zero-order chi connectivity index (χ0) is 21.4. The van der Waals surface area contributed by atoms with Crippen molar-refractivity contribution in [3.05, 3.63) is 65.6 Å². The van der Waals surface area contributed by atoms with E-state index in [1.807, 2.05) is 28.9 Å². The average molecular weight is 420 g/mol. The lowest BCUT2D eigenvalue weighted by Crippen LogP contribution is -2.51. The lowest BCUT2D eigenvalue weighted by Gasteiger charge is -2.37. The van der Waals surface area contributed by atoms with Crippen LogP contribution in [0, 0.1) is 5.82 Å². The summed E-state index contributed by atoms with van der Waals surface area (Å²) in [7, 11) is 0. The van der Waals surface area contributed by atoms with Crippen LogP contribution in [0.3, 0.4) is 0 Å². The Hall–Kier alpha value is -3.29. The highest BCUT2D eigenvalue weighted by atomic mass is 19.1. The van der Waals surface area contributed by atoms with Gasteiger partial charge < -0.3 is 9.80 Å². The summed E-state index contributed by atoms with van der Waals surface area (Å²) in [6, 6.07) is 6.39. The van der Waals surface area contributed by atoms with Gasteiger partial charge in [-0.05, 0) is 49.4 Å². The molecule has 1 amide bonds. The van der Waals surface area contributed by atoms with Crippen LogP contribution in [0.25, 0.3) is 0 Å². The maximum Gasteiger partial charge on any atom is 0.249 e. The third-order valence-corrected chi connectivity index (χ3v) is 6.06. The van der Waals surface area contributed by atoms with Gasteiger partial charge in [0.15, 0.2) is 5.82 Å². The number of anilines is 2. The van der Waals surface area contributed by atoms with Crippen LogP contribution in [0.1, 0.15) is 36.7 Å². The molecule has 0 saturated carbocycles. The standard InChI is InChI=1S/C23H25FN6O/c1-2-29-20-13-25-21(27-22(20)30-11-3-4-19(30)23(29)31)10-7-17-12-26-28(15-17)14-16-5-8-18(24)9-6-16/h5-6,8-9,12-13,15,19H,2-4,7,10-11,14H2,1H3/t19-/m1/s1. The van der Waals surface area contributed by atoms with E-state index >= 15 is 0 Å². The molecule has 31 heavy (non-hydrogen) atoms. The molecule has 0 unspecified atom stereocenters. The molecule has 1 atom stereocenters. The van der Waals surface area contributed by atoms with Gasteiger partial charge in [-0.1, -0.05) is 12.1 Å². The Kier molecular flexibility index (Phi) is 5.13. The van der Waals surface area contributed by atoms with Crippen LogP contribution in [0.4, 0.5) is 15.9 Å². The lowest BCUT2D eigenvalue weighted by molar-refractivity contribution is -0.119. The average Bonchev–Trinajstić information content (AvgIpc) is 3.44. The first-order valence-corrected chi connectivity index (χ1v) is 10.8. The fourth-order valence-corrected chi connectivity index (χ4v) is 4.48. The molecule has 0 radical (unpaired) electrons. The van der Waals surface area contributed by atoms with E-state index in [0.29, 0.717) is 19.5 Å². The highest BCUT2D eigenvalue weighted by Gasteiger charge is 2.41. The fraction of sp³-hybridized carbons (Fsp3) is 0.391. The number of nitrogens with zero attached hydrogens (tertiary/aromatic N) is 6. The predicted octanol–water partition coefficient (Wildman–Crippen LogP) is 2.98. The molecule has 160 valence electrons. The zero-order valence-electron chi connectivity index (χ0n) is 17.5. The number of hydrogen-bond donors (Lipinski definition) is 0. The first-order valence-electron chi connectivity index (χ1n) is 10.8. The van der Waals surface area contributed by atoms with Crippen LogP contribution in [-0.4, -0.2) is 44.8 Å². The van der Waals surface area contributed by atoms with Crippen molar-refractivity contribution in [1.29, 1.82) is 0 Å². The van der Waals surface area contributed by atoms with Crippen molar-refractivity contribution in [2.45, 2.75) is 45.2 Å². The van der Waals surface area contributed by atoms with Gasteiger partial charge in [0, 0.05) is 25.7 Å². The summed E-state index contributed by atoms with van der Waals surface area (Å²) in [5.74, 6) is 1.60. The van der Waals surface area contributed by atoms with Gasteiger partial charge in [-0.15, -0.1) is 0 Å². The lowest BCUT2D eigenvalue weighted by atomic mass is 10.1. The van der Waals surface area contributed by atoms with Crippen molar-refractivity contribution in [2.75, 3.05) is 22.9 Å². The van der Waals surface area contributed by atoms with Crippen LogP contribution in [0.15, 0.2) is 42.9 Å². The smallest absolute Gasteiger partial charge is 0.249 e. The number of halogens is 1. The summed E-state index contributed by atoms with van der Waals surface area (Å²) in [5.41, 5.74) is 2.93. The molecule has 0 aliphatic carbocycles. The summed E-state index contributed by atoms with van der Waals surface area (Å²) in [6.45, 7) is 4.09. The van der Waals surface area contributed by atoms with E-state index < -0.39 is 0 Å². The third kappa shape index (κ3) is 3.78. The Bertz CT molecular complexity index is 1100. The molecule has 5 rings (SSSR count). The maximum absolute atomic E-state index is 13.1. The van der Waals surface area contributed by atoms with Gasteiger partial charge in [0.25, 0.3) is 0 Å². The van der Waals surface area contributed by atoms with Gasteiger partial charge in [-0.2, -0.15) is 5.10 Å². The Morgan fingerprint density at radius 1 is 1.13 bits per heavy atom. The summed E-state index contributed by atoms with van der Waals surface area (Å²) < 4.78 is 14.9. The van der Waals surface area contributed by atoms with Gasteiger partial charge >= 0.3 is 0 Å². The summed E-state index contributed by atoms with van der Waals surface area (Å²) in [5, 5.41) is 4.42. The highest BCUT2D eigenvalue weighted by Crippen LogP contribution is 2.38. The quantitative estimate of drug-likeness (QED) is 0.613. The number of benzene rings is 1. The van der Waals surface area contributed by atoms with Crippen LogP contribution in [0.2, 0.25) is 0 Å². The minimum Gasteiger partial charge on any atom is -0.343 e. The molecule has 1 fully saturated rings. The van der Waals surface area contributed by atoms with Crippen LogP contribution >= 0.6 is 0 Å². The number of aryl methyl sites for hydroxylation is 2. The topological polar surface area (TPSA) is 67.2 Å². The van der Waals surface area contributed by atoms with Crippen molar-refractivity contribution >= 4 is 17.4 Å². The SMILES string of the molecule is CCN1C(=O)[C@H]2CCCN2c2nc(CCc3cnn(Cc4ccc(F)cc4)c3)ncc21. The summed E-state index contributed by atoms with van der Waals surface area (Å²) in [6.07, 6.45) is 9.05. The second-order valence-corrected chi connectivity index (χ2v) is 8.10. The minimum absolute atomic E-state index is 0.0834. The van der Waals surface area contributed by atoms with E-state index in [9.17, 15) is 9.18 Å². The van der Waals surface area contributed by atoms with E-state index in [1.54, 1.807) is 18.3 Å². The Morgan fingerprint density at radius 2 is 1.97 bits per heavy atom. The predicted molar refractivity (Wildman–Crippen MR) is 116 cm³/mol. The van der Waals surface area contributed by atoms with Crippen molar-refractivity contribution in [2.24, 2.45) is 0 Å². The molecular weight excluding hydrogens is 395 g/mol. The Balaban J connectivity index is 1.29. The number of fused-ring (bicyclic) bond motifs is 3. The molecule has 0 N–H and O–H groups in total. The molecule has 2 aliphatic rings. The van der Waals surface area contributed by atoms with Gasteiger partial charge in [0.2, 0.25) is 5.91 Å². The normalized spacial score (nSPS) is 17.7. The molecule has 4 heterocycles. The Morgan fingerprint density at radius 3 is 2.77 bits per heavy atom. The first-order chi connectivity index (χ1) is 15.1. The number of carbonyl (C=O) groups excluding carboxylic acids is 1. The molecule has 3 aromatic rings. The van der Waals surface area contributed by atoms with Gasteiger partial charge in [0.1, 0.15) is 23.4 Å². The van der Waals surface area contributed by atoms with E-state index in [0.717, 1.165) is 54.3 Å². The molecule has 2 aliphatic heterocycles.